The number of nitrogens with zero attached hydrogens (tertiary/aromatic N) is 7. The molecule has 4 aromatic heterocycles. The first-order chi connectivity index (χ1) is 21.9. The minimum Gasteiger partial charge on any atom is -0.387 e. The van der Waals surface area contributed by atoms with Gasteiger partial charge in [0.15, 0.2) is 35.1 Å². The summed E-state index contributed by atoms with van der Waals surface area (Å²) in [6, 6.07) is 0. The van der Waals surface area contributed by atoms with Crippen molar-refractivity contribution in [3.8, 4) is 0 Å². The van der Waals surface area contributed by atoms with E-state index in [1.54, 1.807) is 0 Å². The van der Waals surface area contributed by atoms with Crippen LogP contribution < -0.4 is 17.0 Å². The number of aromatic amines is 1. The van der Waals surface area contributed by atoms with E-state index in [9.17, 15) is 29.0 Å². The van der Waals surface area contributed by atoms with Crippen molar-refractivity contribution in [2.75, 3.05) is 31.3 Å². The van der Waals surface area contributed by atoms with Crippen molar-refractivity contribution in [3.05, 3.63) is 29.3 Å². The third-order valence-corrected chi connectivity index (χ3v) is 9.12. The predicted octanol–water partition coefficient (Wildman–Crippen LogP) is -2.42. The molecule has 0 saturated carbocycles. The van der Waals surface area contributed by atoms with Crippen LogP contribution in [0.15, 0.2) is 23.8 Å². The van der Waals surface area contributed by atoms with Crippen LogP contribution in [0.1, 0.15) is 12.5 Å². The first-order valence-electron chi connectivity index (χ1n) is 13.3. The van der Waals surface area contributed by atoms with Crippen LogP contribution in [0, 0.1) is 0 Å². The zero-order valence-electron chi connectivity index (χ0n) is 23.0. The smallest absolute Gasteiger partial charge is 0.387 e. The zero-order chi connectivity index (χ0) is 32.5. The molecule has 7 rings (SSSR count). The quantitative estimate of drug-likeness (QED) is 0.0852. The molecule has 0 amide bonds. The van der Waals surface area contributed by atoms with E-state index in [2.05, 4.69) is 34.4 Å². The maximum absolute atomic E-state index is 13.3. The molecule has 0 spiro atoms. The van der Waals surface area contributed by atoms with Crippen molar-refractivity contribution >= 4 is 50.2 Å². The number of anilines is 2. The molecule has 3 fully saturated rings. The molecule has 0 aromatic carbocycles. The maximum Gasteiger partial charge on any atom is 0.694 e. The molecule has 2 bridgehead atoms. The van der Waals surface area contributed by atoms with Crippen molar-refractivity contribution < 1.29 is 56.9 Å². The van der Waals surface area contributed by atoms with Gasteiger partial charge in [-0.1, -0.05) is 0 Å². The number of phosphoric acid groups is 1. The zero-order valence-corrected chi connectivity index (χ0v) is 24.8. The van der Waals surface area contributed by atoms with E-state index in [1.807, 2.05) is 0 Å². The Morgan fingerprint density at radius 3 is 2.63 bits per heavy atom. The van der Waals surface area contributed by atoms with Gasteiger partial charge in [-0.15, -0.1) is 9.42 Å². The number of aliphatic hydroxyl groups is 2. The lowest BCUT2D eigenvalue weighted by Crippen LogP contribution is -2.45. The molecule has 10 atom stereocenters. The van der Waals surface area contributed by atoms with Gasteiger partial charge in [0.05, 0.1) is 25.9 Å². The normalized spacial score (nSPS) is 32.4. The molecule has 23 nitrogen and oxygen atoms in total. The number of nitrogens with two attached hydrogens (primary N) is 2. The monoisotopic (exact) mass is 687 g/mol. The number of ether oxygens (including phenoxy) is 3. The average Bonchev–Trinajstić information content (AvgIpc) is 3.80. The molecule has 3 aliphatic rings. The molecular weight excluding hydrogens is 662 g/mol. The first-order valence-corrected chi connectivity index (χ1v) is 15.9. The van der Waals surface area contributed by atoms with Gasteiger partial charge in [0.2, 0.25) is 5.95 Å². The summed E-state index contributed by atoms with van der Waals surface area (Å²) in [7, 11) is -8.24. The second-order valence-electron chi connectivity index (χ2n) is 10.6. The van der Waals surface area contributed by atoms with Crippen LogP contribution in [0.2, 0.25) is 0 Å². The van der Waals surface area contributed by atoms with Crippen LogP contribution >= 0.6 is 16.1 Å². The Labute approximate surface area is 255 Å². The van der Waals surface area contributed by atoms with Crippen LogP contribution in [0.3, 0.4) is 0 Å². The molecule has 0 aliphatic carbocycles. The number of hydrogen-bond acceptors (Lipinski definition) is 18. The number of H-pyrrole nitrogens is 1. The Hall–Kier alpha value is -3.57. The van der Waals surface area contributed by atoms with Gasteiger partial charge in [-0.05, 0) is 0 Å². The molecule has 7 heterocycles. The van der Waals surface area contributed by atoms with Gasteiger partial charge in [0.1, 0.15) is 54.6 Å². The SMILES string of the molecule is Nc1nc2c(ncn2[C@@H]2O[C@H](CO[P+](=O)O)C(O)C2OP(=O)(O)OC[C@]23COC(C2O)[C@H](n2cnc4c(N)ncnc42)O3)c(=O)[nH]1. The third-order valence-electron chi connectivity index (χ3n) is 7.78. The number of aromatic nitrogens is 8. The first kappa shape index (κ1) is 31.1. The van der Waals surface area contributed by atoms with Crippen LogP contribution in [-0.4, -0.2) is 115 Å². The van der Waals surface area contributed by atoms with E-state index in [4.69, 9.17) is 39.6 Å². The number of hydrogen-bond donors (Lipinski definition) is 7. The molecule has 46 heavy (non-hydrogen) atoms. The van der Waals surface area contributed by atoms with E-state index in [-0.39, 0.29) is 35.1 Å². The number of phosphoric ester groups is 1. The summed E-state index contributed by atoms with van der Waals surface area (Å²) in [5, 5.41) is 22.0. The average molecular weight is 687 g/mol. The number of nitrogen functional groups attached to an aromatic ring is 2. The molecule has 4 aromatic rings. The fourth-order valence-electron chi connectivity index (χ4n) is 5.63. The lowest BCUT2D eigenvalue weighted by Gasteiger charge is -2.31. The minimum absolute atomic E-state index is 0.120. The van der Waals surface area contributed by atoms with Gasteiger partial charge in [0, 0.05) is 4.57 Å². The highest BCUT2D eigenvalue weighted by atomic mass is 31.2. The fourth-order valence-corrected chi connectivity index (χ4v) is 6.88. The van der Waals surface area contributed by atoms with Gasteiger partial charge in [-0.2, -0.15) is 4.98 Å². The second kappa shape index (κ2) is 11.3. The Morgan fingerprint density at radius 2 is 1.87 bits per heavy atom. The van der Waals surface area contributed by atoms with Gasteiger partial charge in [0.25, 0.3) is 5.56 Å². The summed E-state index contributed by atoms with van der Waals surface area (Å²) in [6.45, 7) is -1.57. The fraction of sp³-hybridized carbons (Fsp3) is 0.524. The summed E-state index contributed by atoms with van der Waals surface area (Å²) < 4.78 is 59.9. The van der Waals surface area contributed by atoms with Gasteiger partial charge in [-0.3, -0.25) is 28.0 Å². The Balaban J connectivity index is 1.12. The summed E-state index contributed by atoms with van der Waals surface area (Å²) in [5.74, 6) is -0.164. The molecule has 3 aliphatic heterocycles. The third kappa shape index (κ3) is 5.15. The molecule has 3 saturated heterocycles. The summed E-state index contributed by atoms with van der Waals surface area (Å²) in [6.07, 6.45) is -5.91. The predicted molar refractivity (Wildman–Crippen MR) is 147 cm³/mol. The van der Waals surface area contributed by atoms with Crippen molar-refractivity contribution in [3.63, 3.8) is 0 Å². The lowest BCUT2D eigenvalue weighted by molar-refractivity contribution is -0.184. The highest BCUT2D eigenvalue weighted by molar-refractivity contribution is 7.47. The molecule has 6 unspecified atom stereocenters. The molecule has 0 radical (unpaired) electrons. The topological polar surface area (TPSA) is 330 Å². The summed E-state index contributed by atoms with van der Waals surface area (Å²) in [5.41, 5.74) is 9.47. The Morgan fingerprint density at radius 1 is 1.13 bits per heavy atom. The van der Waals surface area contributed by atoms with Crippen LogP contribution in [0.25, 0.3) is 22.3 Å². The van der Waals surface area contributed by atoms with Gasteiger partial charge < -0.3 is 40.8 Å². The molecule has 9 N–H and O–H groups in total. The highest BCUT2D eigenvalue weighted by Gasteiger charge is 2.63. The van der Waals surface area contributed by atoms with E-state index in [0.29, 0.717) is 5.65 Å². The number of aliphatic hydroxyl groups excluding tert-OH is 2. The summed E-state index contributed by atoms with van der Waals surface area (Å²) in [4.78, 5) is 54.6. The second-order valence-corrected chi connectivity index (χ2v) is 12.7. The van der Waals surface area contributed by atoms with E-state index >= 15 is 0 Å². The van der Waals surface area contributed by atoms with Gasteiger partial charge >= 0.3 is 16.1 Å². The van der Waals surface area contributed by atoms with Crippen LogP contribution in [0.5, 0.6) is 0 Å². The number of fused-ring (bicyclic) bond motifs is 4. The largest absolute Gasteiger partial charge is 0.694 e. The standard InChI is InChI=1S/C21H24N10O13P2/c22-14-8-15(25-4-24-14)30(5-26-8)19-12-13(33)21(43-19,2-39-12)3-41-46(37,38)44-11-10(32)7(1-40-45(35)36)42-18(11)31-6-27-9-16(31)28-20(23)29-17(9)34/h4-7,10-13,18-19,32-33H,1-3H2,(H6-,22,23,24,25,28,29,34,35,36,37,38)/p+1/t7-,10?,11?,12?,13?,18-,19-,21-/m1/s1. The van der Waals surface area contributed by atoms with Crippen molar-refractivity contribution in [1.82, 2.24) is 39.0 Å². The number of rotatable bonds is 10. The van der Waals surface area contributed by atoms with Crippen molar-refractivity contribution in [1.29, 1.82) is 0 Å². The highest BCUT2D eigenvalue weighted by Crippen LogP contribution is 2.53. The van der Waals surface area contributed by atoms with E-state index in [0.717, 1.165) is 10.9 Å². The Bertz CT molecular complexity index is 1940. The van der Waals surface area contributed by atoms with Crippen molar-refractivity contribution in [2.24, 2.45) is 0 Å². The van der Waals surface area contributed by atoms with Gasteiger partial charge in [-0.25, -0.2) is 24.5 Å². The summed E-state index contributed by atoms with van der Waals surface area (Å²) >= 11 is 0. The lowest BCUT2D eigenvalue weighted by atomic mass is 10.0. The number of nitrogens with one attached hydrogen (secondary N) is 1. The van der Waals surface area contributed by atoms with Crippen LogP contribution in [-0.2, 0) is 36.9 Å². The van der Waals surface area contributed by atoms with E-state index in [1.165, 1.54) is 17.2 Å². The number of imidazole rings is 2. The van der Waals surface area contributed by atoms with E-state index < -0.39 is 83.4 Å². The minimum atomic E-state index is -5.14. The van der Waals surface area contributed by atoms with Crippen molar-refractivity contribution in [2.45, 2.75) is 48.6 Å². The molecule has 246 valence electrons. The maximum atomic E-state index is 13.3. The van der Waals surface area contributed by atoms with Crippen LogP contribution in [0.4, 0.5) is 11.8 Å². The Kier molecular flexibility index (Phi) is 7.62. The molecular formula is C21H25N10O13P2+. The molecule has 25 heteroatoms.